The van der Waals surface area contributed by atoms with Crippen molar-refractivity contribution in [1.82, 2.24) is 25.3 Å². The van der Waals surface area contributed by atoms with E-state index in [1.54, 1.807) is 0 Å². The molecule has 0 saturated carbocycles. The van der Waals surface area contributed by atoms with Gasteiger partial charge in [0.2, 0.25) is 0 Å². The van der Waals surface area contributed by atoms with E-state index in [4.69, 9.17) is 4.99 Å². The highest BCUT2D eigenvalue weighted by molar-refractivity contribution is 5.79. The van der Waals surface area contributed by atoms with E-state index in [1.165, 1.54) is 37.1 Å². The smallest absolute Gasteiger partial charge is 0.191 e. The van der Waals surface area contributed by atoms with Crippen molar-refractivity contribution in [3.8, 4) is 0 Å². The van der Waals surface area contributed by atoms with Crippen molar-refractivity contribution < 1.29 is 0 Å². The zero-order valence-electron chi connectivity index (χ0n) is 17.5. The Hall–Kier alpha value is -2.34. The highest BCUT2D eigenvalue weighted by atomic mass is 15.3. The van der Waals surface area contributed by atoms with Crippen LogP contribution in [0.5, 0.6) is 0 Å². The first-order chi connectivity index (χ1) is 13.6. The van der Waals surface area contributed by atoms with Crippen LogP contribution in [-0.2, 0) is 26.7 Å². The van der Waals surface area contributed by atoms with E-state index in [9.17, 15) is 0 Å². The van der Waals surface area contributed by atoms with Gasteiger partial charge in [-0.05, 0) is 56.0 Å². The van der Waals surface area contributed by atoms with E-state index in [0.717, 1.165) is 30.7 Å². The van der Waals surface area contributed by atoms with E-state index < -0.39 is 0 Å². The lowest BCUT2D eigenvalue weighted by Crippen LogP contribution is -2.37. The Morgan fingerprint density at radius 2 is 1.96 bits per heavy atom. The summed E-state index contributed by atoms with van der Waals surface area (Å²) in [4.78, 5) is 7.33. The van der Waals surface area contributed by atoms with Crippen molar-refractivity contribution in [3.63, 3.8) is 0 Å². The lowest BCUT2D eigenvalue weighted by molar-refractivity contribution is 0.185. The van der Waals surface area contributed by atoms with Crippen LogP contribution in [0.2, 0.25) is 0 Å². The van der Waals surface area contributed by atoms with Gasteiger partial charge < -0.3 is 10.6 Å². The summed E-state index contributed by atoms with van der Waals surface area (Å²) in [6.45, 7) is 10.1. The lowest BCUT2D eigenvalue weighted by atomic mass is 9.98. The molecule has 0 unspecified atom stereocenters. The molecule has 0 radical (unpaired) electrons. The molecular formula is C22H34N6. The third-order valence-corrected chi connectivity index (χ3v) is 5.40. The van der Waals surface area contributed by atoms with Crippen LogP contribution in [0.25, 0.3) is 0 Å². The second-order valence-corrected chi connectivity index (χ2v) is 7.77. The van der Waals surface area contributed by atoms with Crippen molar-refractivity contribution in [2.45, 2.75) is 46.3 Å². The molecule has 0 amide bonds. The van der Waals surface area contributed by atoms with Gasteiger partial charge in [-0.1, -0.05) is 31.2 Å². The molecule has 1 aliphatic heterocycles. The Morgan fingerprint density at radius 3 is 2.68 bits per heavy atom. The van der Waals surface area contributed by atoms with Crippen molar-refractivity contribution in [3.05, 3.63) is 53.3 Å². The molecule has 1 aromatic heterocycles. The quantitative estimate of drug-likeness (QED) is 0.571. The number of aryl methyl sites for hydroxylation is 1. The highest BCUT2D eigenvalue weighted by Crippen LogP contribution is 2.18. The van der Waals surface area contributed by atoms with Gasteiger partial charge >= 0.3 is 0 Å². The maximum absolute atomic E-state index is 4.76. The van der Waals surface area contributed by atoms with Gasteiger partial charge in [0.15, 0.2) is 5.96 Å². The zero-order valence-corrected chi connectivity index (χ0v) is 17.5. The monoisotopic (exact) mass is 382 g/mol. The number of benzene rings is 1. The zero-order chi connectivity index (χ0) is 19.8. The third-order valence-electron chi connectivity index (χ3n) is 5.40. The van der Waals surface area contributed by atoms with Gasteiger partial charge in [-0.25, -0.2) is 4.99 Å². The molecule has 2 N–H and O–H groups in total. The van der Waals surface area contributed by atoms with E-state index in [2.05, 4.69) is 58.7 Å². The van der Waals surface area contributed by atoms with Gasteiger partial charge in [0.05, 0.1) is 18.8 Å². The first kappa shape index (κ1) is 20.4. The molecule has 6 heteroatoms. The minimum absolute atomic E-state index is 0.672. The van der Waals surface area contributed by atoms with Crippen LogP contribution in [0, 0.1) is 5.92 Å². The number of hydrogen-bond donors (Lipinski definition) is 2. The molecule has 2 heterocycles. The Morgan fingerprint density at radius 1 is 1.18 bits per heavy atom. The first-order valence-corrected chi connectivity index (χ1v) is 10.4. The number of nitrogens with zero attached hydrogens (tertiary/aromatic N) is 4. The normalized spacial score (nSPS) is 16.3. The molecule has 28 heavy (non-hydrogen) atoms. The fraction of sp³-hybridized carbons (Fsp3) is 0.545. The summed E-state index contributed by atoms with van der Waals surface area (Å²) in [5.41, 5.74) is 3.76. The van der Waals surface area contributed by atoms with Crippen LogP contribution >= 0.6 is 0 Å². The molecule has 0 bridgehead atoms. The number of likely N-dealkylation sites (tertiary alicyclic amines) is 1. The van der Waals surface area contributed by atoms with Gasteiger partial charge in [-0.15, -0.1) is 0 Å². The Kier molecular flexibility index (Phi) is 7.48. The largest absolute Gasteiger partial charge is 0.357 e. The molecule has 1 aromatic carbocycles. The van der Waals surface area contributed by atoms with Gasteiger partial charge in [0.1, 0.15) is 0 Å². The first-order valence-electron chi connectivity index (χ1n) is 10.4. The fourth-order valence-corrected chi connectivity index (χ4v) is 3.57. The Labute approximate surface area is 169 Å². The van der Waals surface area contributed by atoms with Gasteiger partial charge in [0, 0.05) is 26.3 Å². The molecular weight excluding hydrogens is 348 g/mol. The van der Waals surface area contributed by atoms with Crippen LogP contribution in [0.3, 0.4) is 0 Å². The predicted molar refractivity (Wildman–Crippen MR) is 115 cm³/mol. The van der Waals surface area contributed by atoms with Crippen molar-refractivity contribution in [1.29, 1.82) is 0 Å². The topological polar surface area (TPSA) is 57.5 Å². The number of nitrogens with one attached hydrogen (secondary N) is 2. The SMILES string of the molecule is CCNC(=NCc1cccc(CN2CCC(C)CC2)c1)NCc1ccnn1C. The van der Waals surface area contributed by atoms with Gasteiger partial charge in [-0.2, -0.15) is 5.10 Å². The maximum atomic E-state index is 4.76. The van der Waals surface area contributed by atoms with Crippen molar-refractivity contribution in [2.75, 3.05) is 19.6 Å². The van der Waals surface area contributed by atoms with Gasteiger partial charge in [0.25, 0.3) is 0 Å². The molecule has 1 saturated heterocycles. The van der Waals surface area contributed by atoms with E-state index in [-0.39, 0.29) is 0 Å². The minimum Gasteiger partial charge on any atom is -0.357 e. The molecule has 0 aliphatic carbocycles. The summed E-state index contributed by atoms with van der Waals surface area (Å²) in [6, 6.07) is 10.9. The average Bonchev–Trinajstić information content (AvgIpc) is 3.11. The summed E-state index contributed by atoms with van der Waals surface area (Å²) in [5.74, 6) is 1.71. The second-order valence-electron chi connectivity index (χ2n) is 7.77. The molecule has 6 nitrogen and oxygen atoms in total. The summed E-state index contributed by atoms with van der Waals surface area (Å²) in [6.07, 6.45) is 4.45. The number of piperidine rings is 1. The summed E-state index contributed by atoms with van der Waals surface area (Å²) in [7, 11) is 1.95. The molecule has 152 valence electrons. The fourth-order valence-electron chi connectivity index (χ4n) is 3.57. The second kappa shape index (κ2) is 10.3. The van der Waals surface area contributed by atoms with E-state index >= 15 is 0 Å². The number of hydrogen-bond acceptors (Lipinski definition) is 3. The molecule has 1 aliphatic rings. The standard InChI is InChI=1S/C22H34N6/c1-4-23-22(25-16-21-8-11-26-27(21)3)24-15-19-6-5-7-20(14-19)17-28-12-9-18(2)10-13-28/h5-8,11,14,18H,4,9-10,12-13,15-17H2,1-3H3,(H2,23,24,25). The summed E-state index contributed by atoms with van der Waals surface area (Å²) in [5, 5.41) is 10.9. The third kappa shape index (κ3) is 6.09. The summed E-state index contributed by atoms with van der Waals surface area (Å²) >= 11 is 0. The lowest BCUT2D eigenvalue weighted by Gasteiger charge is -2.30. The summed E-state index contributed by atoms with van der Waals surface area (Å²) < 4.78 is 1.88. The molecule has 1 fully saturated rings. The van der Waals surface area contributed by atoms with Crippen LogP contribution in [0.1, 0.15) is 43.5 Å². The maximum Gasteiger partial charge on any atom is 0.191 e. The van der Waals surface area contributed by atoms with Crippen LogP contribution in [0.4, 0.5) is 0 Å². The number of guanidine groups is 1. The van der Waals surface area contributed by atoms with Crippen molar-refractivity contribution in [2.24, 2.45) is 18.0 Å². The minimum atomic E-state index is 0.672. The molecule has 0 spiro atoms. The number of rotatable bonds is 7. The Balaban J connectivity index is 1.56. The highest BCUT2D eigenvalue weighted by Gasteiger charge is 2.15. The van der Waals surface area contributed by atoms with Gasteiger partial charge in [-0.3, -0.25) is 9.58 Å². The average molecular weight is 383 g/mol. The van der Waals surface area contributed by atoms with E-state index in [0.29, 0.717) is 13.1 Å². The number of aromatic nitrogens is 2. The molecule has 3 rings (SSSR count). The van der Waals surface area contributed by atoms with Crippen LogP contribution in [-0.4, -0.2) is 40.3 Å². The molecule has 2 aromatic rings. The Bertz CT molecular complexity index is 758. The van der Waals surface area contributed by atoms with E-state index in [1.807, 2.05) is 24.0 Å². The van der Waals surface area contributed by atoms with Crippen molar-refractivity contribution >= 4 is 5.96 Å². The predicted octanol–water partition coefficient (Wildman–Crippen LogP) is 2.91. The molecule has 0 atom stereocenters. The number of aliphatic imine (C=N–C) groups is 1. The van der Waals surface area contributed by atoms with Crippen LogP contribution in [0.15, 0.2) is 41.5 Å². The van der Waals surface area contributed by atoms with Crippen LogP contribution < -0.4 is 10.6 Å².